The van der Waals surface area contributed by atoms with Crippen LogP contribution in [0.4, 0.5) is 5.82 Å². The highest BCUT2D eigenvalue weighted by Crippen LogP contribution is 2.16. The van der Waals surface area contributed by atoms with Gasteiger partial charge in [0.05, 0.1) is 0 Å². The number of hydrogen-bond acceptors (Lipinski definition) is 4. The third-order valence-electron chi connectivity index (χ3n) is 4.11. The van der Waals surface area contributed by atoms with Crippen molar-refractivity contribution in [2.24, 2.45) is 0 Å². The minimum Gasteiger partial charge on any atom is -0.353 e. The van der Waals surface area contributed by atoms with Crippen molar-refractivity contribution >= 4 is 11.7 Å². The highest BCUT2D eigenvalue weighted by atomic mass is 16.2. The van der Waals surface area contributed by atoms with Crippen LogP contribution < -0.4 is 4.90 Å². The molecule has 0 radical (unpaired) electrons. The molecule has 5 heteroatoms. The van der Waals surface area contributed by atoms with Crippen molar-refractivity contribution in [1.29, 1.82) is 0 Å². The van der Waals surface area contributed by atoms with Crippen molar-refractivity contribution in [3.8, 4) is 0 Å². The van der Waals surface area contributed by atoms with Gasteiger partial charge < -0.3 is 9.80 Å². The number of aromatic nitrogens is 2. The maximum atomic E-state index is 12.5. The van der Waals surface area contributed by atoms with Gasteiger partial charge in [-0.2, -0.15) is 0 Å². The molecule has 3 rings (SSSR count). The number of carbonyl (C=O) groups excluding carboxylic acids is 1. The molecule has 1 aromatic heterocycles. The van der Waals surface area contributed by atoms with E-state index in [2.05, 4.69) is 21.8 Å². The Labute approximate surface area is 137 Å². The zero-order chi connectivity index (χ0) is 16.2. The Morgan fingerprint density at radius 2 is 1.78 bits per heavy atom. The lowest BCUT2D eigenvalue weighted by molar-refractivity contribution is 0.0746. The van der Waals surface area contributed by atoms with Gasteiger partial charge in [-0.05, 0) is 19.1 Å². The molecule has 120 valence electrons. The zero-order valence-corrected chi connectivity index (χ0v) is 13.7. The lowest BCUT2D eigenvalue weighted by Crippen LogP contribution is -2.49. The van der Waals surface area contributed by atoms with Gasteiger partial charge in [-0.3, -0.25) is 4.79 Å². The molecule has 0 spiro atoms. The molecule has 0 atom stereocenters. The van der Waals surface area contributed by atoms with Crippen LogP contribution in [0.15, 0.2) is 36.4 Å². The molecule has 2 aromatic rings. The van der Waals surface area contributed by atoms with Gasteiger partial charge in [0.2, 0.25) is 0 Å². The molecule has 0 saturated carbocycles. The van der Waals surface area contributed by atoms with Crippen LogP contribution in [0, 0.1) is 6.92 Å². The van der Waals surface area contributed by atoms with Crippen LogP contribution >= 0.6 is 0 Å². The Balaban J connectivity index is 1.67. The zero-order valence-electron chi connectivity index (χ0n) is 13.7. The Morgan fingerprint density at radius 3 is 2.43 bits per heavy atom. The molecule has 1 amide bonds. The van der Waals surface area contributed by atoms with E-state index in [4.69, 9.17) is 0 Å². The molecule has 1 aromatic carbocycles. The molecule has 23 heavy (non-hydrogen) atoms. The lowest BCUT2D eigenvalue weighted by Gasteiger charge is -2.35. The topological polar surface area (TPSA) is 49.3 Å². The Bertz CT molecular complexity index is 679. The molecule has 1 aliphatic heterocycles. The van der Waals surface area contributed by atoms with Crippen molar-refractivity contribution < 1.29 is 4.79 Å². The molecule has 2 heterocycles. The van der Waals surface area contributed by atoms with E-state index in [0.29, 0.717) is 0 Å². The van der Waals surface area contributed by atoms with E-state index in [1.807, 2.05) is 48.2 Å². The summed E-state index contributed by atoms with van der Waals surface area (Å²) in [4.78, 5) is 25.7. The fourth-order valence-electron chi connectivity index (χ4n) is 2.83. The third-order valence-corrected chi connectivity index (χ3v) is 4.11. The van der Waals surface area contributed by atoms with Crippen LogP contribution in [0.25, 0.3) is 0 Å². The number of rotatable bonds is 3. The average Bonchev–Trinajstić information content (AvgIpc) is 2.61. The summed E-state index contributed by atoms with van der Waals surface area (Å²) in [5, 5.41) is 0. The summed E-state index contributed by atoms with van der Waals surface area (Å²) < 4.78 is 0. The quantitative estimate of drug-likeness (QED) is 0.873. The standard InChI is InChI=1S/C18H22N4O/c1-3-16-19-14(2)13-17(20-16)21-9-11-22(12-10-21)18(23)15-7-5-4-6-8-15/h4-8,13H,3,9-12H2,1-2H3. The van der Waals surface area contributed by atoms with Gasteiger partial charge in [0, 0.05) is 49.9 Å². The highest BCUT2D eigenvalue weighted by Gasteiger charge is 2.23. The summed E-state index contributed by atoms with van der Waals surface area (Å²) in [6.45, 7) is 7.11. The van der Waals surface area contributed by atoms with Crippen LogP contribution in [0.2, 0.25) is 0 Å². The SMILES string of the molecule is CCc1nc(C)cc(N2CCN(C(=O)c3ccccc3)CC2)n1. The third kappa shape index (κ3) is 3.50. The van der Waals surface area contributed by atoms with Crippen LogP contribution in [0.5, 0.6) is 0 Å². The lowest BCUT2D eigenvalue weighted by atomic mass is 10.2. The fraction of sp³-hybridized carbons (Fsp3) is 0.389. The van der Waals surface area contributed by atoms with E-state index in [1.54, 1.807) is 0 Å². The van der Waals surface area contributed by atoms with Crippen molar-refractivity contribution in [2.45, 2.75) is 20.3 Å². The fourth-order valence-corrected chi connectivity index (χ4v) is 2.83. The van der Waals surface area contributed by atoms with Crippen LogP contribution in [0.3, 0.4) is 0 Å². The van der Waals surface area contributed by atoms with E-state index >= 15 is 0 Å². The summed E-state index contributed by atoms with van der Waals surface area (Å²) in [5.41, 5.74) is 1.75. The first kappa shape index (κ1) is 15.5. The van der Waals surface area contributed by atoms with E-state index in [1.165, 1.54) is 0 Å². The number of amides is 1. The van der Waals surface area contributed by atoms with Gasteiger partial charge in [-0.1, -0.05) is 25.1 Å². The largest absolute Gasteiger partial charge is 0.353 e. The number of carbonyl (C=O) groups is 1. The van der Waals surface area contributed by atoms with Gasteiger partial charge in [-0.25, -0.2) is 9.97 Å². The molecular formula is C18H22N4O. The number of aryl methyl sites for hydroxylation is 2. The molecule has 1 fully saturated rings. The van der Waals surface area contributed by atoms with Crippen molar-refractivity contribution in [3.63, 3.8) is 0 Å². The highest BCUT2D eigenvalue weighted by molar-refractivity contribution is 5.94. The van der Waals surface area contributed by atoms with Gasteiger partial charge >= 0.3 is 0 Å². The second-order valence-corrected chi connectivity index (χ2v) is 5.78. The summed E-state index contributed by atoms with van der Waals surface area (Å²) in [7, 11) is 0. The summed E-state index contributed by atoms with van der Waals surface area (Å²) in [6.07, 6.45) is 0.834. The first-order valence-corrected chi connectivity index (χ1v) is 8.11. The molecule has 1 saturated heterocycles. The molecule has 0 bridgehead atoms. The summed E-state index contributed by atoms with van der Waals surface area (Å²) in [5.74, 6) is 1.96. The number of benzene rings is 1. The van der Waals surface area contributed by atoms with Crippen LogP contribution in [0.1, 0.15) is 28.8 Å². The minimum absolute atomic E-state index is 0.110. The monoisotopic (exact) mass is 310 g/mol. The Hall–Kier alpha value is -2.43. The molecule has 0 aliphatic carbocycles. The van der Waals surface area contributed by atoms with Crippen molar-refractivity contribution in [3.05, 3.63) is 53.5 Å². The molecule has 0 N–H and O–H groups in total. The van der Waals surface area contributed by atoms with Crippen LogP contribution in [-0.2, 0) is 6.42 Å². The van der Waals surface area contributed by atoms with E-state index in [9.17, 15) is 4.79 Å². The number of hydrogen-bond donors (Lipinski definition) is 0. The average molecular weight is 310 g/mol. The first-order valence-electron chi connectivity index (χ1n) is 8.11. The van der Waals surface area contributed by atoms with Crippen molar-refractivity contribution in [1.82, 2.24) is 14.9 Å². The van der Waals surface area contributed by atoms with Gasteiger partial charge in [0.15, 0.2) is 0 Å². The number of piperazine rings is 1. The Kier molecular flexibility index (Phi) is 4.55. The molecular weight excluding hydrogens is 288 g/mol. The summed E-state index contributed by atoms with van der Waals surface area (Å²) >= 11 is 0. The predicted octanol–water partition coefficient (Wildman–Crippen LogP) is 2.31. The number of anilines is 1. The first-order chi connectivity index (χ1) is 11.2. The van der Waals surface area contributed by atoms with Crippen molar-refractivity contribution in [2.75, 3.05) is 31.1 Å². The predicted molar refractivity (Wildman–Crippen MR) is 90.7 cm³/mol. The normalized spacial score (nSPS) is 14.9. The maximum absolute atomic E-state index is 12.5. The van der Waals surface area contributed by atoms with E-state index in [0.717, 1.165) is 55.5 Å². The van der Waals surface area contributed by atoms with Gasteiger partial charge in [0.25, 0.3) is 5.91 Å². The van der Waals surface area contributed by atoms with Crippen LogP contribution in [-0.4, -0.2) is 47.0 Å². The second kappa shape index (κ2) is 6.77. The van der Waals surface area contributed by atoms with E-state index in [-0.39, 0.29) is 5.91 Å². The van der Waals surface area contributed by atoms with E-state index < -0.39 is 0 Å². The smallest absolute Gasteiger partial charge is 0.253 e. The minimum atomic E-state index is 0.110. The number of nitrogens with zero attached hydrogens (tertiary/aromatic N) is 4. The van der Waals surface area contributed by atoms with Gasteiger partial charge in [0.1, 0.15) is 11.6 Å². The molecule has 5 nitrogen and oxygen atoms in total. The summed E-state index contributed by atoms with van der Waals surface area (Å²) in [6, 6.07) is 11.5. The second-order valence-electron chi connectivity index (χ2n) is 5.78. The maximum Gasteiger partial charge on any atom is 0.253 e. The van der Waals surface area contributed by atoms with Gasteiger partial charge in [-0.15, -0.1) is 0 Å². The molecule has 1 aliphatic rings. The molecule has 0 unspecified atom stereocenters. The Morgan fingerprint density at radius 1 is 1.09 bits per heavy atom.